The van der Waals surface area contributed by atoms with E-state index in [1.807, 2.05) is 65.2 Å². The van der Waals surface area contributed by atoms with Gasteiger partial charge in [-0.2, -0.15) is 5.21 Å². The number of nitrogen functional groups attached to an aromatic ring is 1. The topological polar surface area (TPSA) is 94.6 Å². The Morgan fingerprint density at radius 1 is 0.806 bits per heavy atom. The number of H-pyrrole nitrogens is 1. The molecule has 0 radical (unpaired) electrons. The van der Waals surface area contributed by atoms with E-state index in [4.69, 9.17) is 10.5 Å². The van der Waals surface area contributed by atoms with Crippen LogP contribution in [0.3, 0.4) is 0 Å². The normalized spacial score (nSPS) is 10.9. The fourth-order valence-corrected chi connectivity index (χ4v) is 3.84. The summed E-state index contributed by atoms with van der Waals surface area (Å²) in [5.74, 6) is 1.75. The molecule has 0 amide bonds. The van der Waals surface area contributed by atoms with E-state index >= 15 is 0 Å². The molecule has 31 heavy (non-hydrogen) atoms. The number of rotatable bonds is 5. The van der Waals surface area contributed by atoms with E-state index in [0.29, 0.717) is 11.6 Å². The molecule has 2 aromatic heterocycles. The molecule has 0 aliphatic carbocycles. The van der Waals surface area contributed by atoms with Crippen LogP contribution in [0.4, 0.5) is 5.82 Å². The van der Waals surface area contributed by atoms with Crippen molar-refractivity contribution in [2.75, 3.05) is 12.8 Å². The fourth-order valence-electron chi connectivity index (χ4n) is 3.84. The first-order valence-corrected chi connectivity index (χ1v) is 9.81. The minimum absolute atomic E-state index is 0.445. The average Bonchev–Trinajstić information content (AvgIpc) is 3.46. The Labute approximate surface area is 179 Å². The summed E-state index contributed by atoms with van der Waals surface area (Å²) in [4.78, 5) is 0. The van der Waals surface area contributed by atoms with E-state index in [-0.39, 0.29) is 0 Å². The summed E-state index contributed by atoms with van der Waals surface area (Å²) in [6, 6.07) is 28.1. The standard InChI is InChI=1S/C24H20N6O/c1-31-19-14-12-18(13-15-19)30-22(17-10-6-3-7-11-17)20(16-8-4-2-5-9-16)21(23(30)25)24-26-28-29-27-24/h2-15H,25H2,1H3,(H,26,27,28,29). The van der Waals surface area contributed by atoms with Crippen molar-refractivity contribution in [3.05, 3.63) is 84.9 Å². The molecule has 2 heterocycles. The number of anilines is 1. The number of aromatic nitrogens is 5. The molecule has 0 aliphatic rings. The minimum Gasteiger partial charge on any atom is -0.497 e. The Balaban J connectivity index is 1.90. The first-order chi connectivity index (χ1) is 15.3. The van der Waals surface area contributed by atoms with Crippen LogP contribution in [-0.4, -0.2) is 32.3 Å². The van der Waals surface area contributed by atoms with Crippen molar-refractivity contribution in [3.8, 4) is 45.2 Å². The summed E-state index contributed by atoms with van der Waals surface area (Å²) in [5.41, 5.74) is 12.4. The second-order valence-electron chi connectivity index (χ2n) is 6.98. The highest BCUT2D eigenvalue weighted by Gasteiger charge is 2.27. The Kier molecular flexibility index (Phi) is 4.68. The lowest BCUT2D eigenvalue weighted by Gasteiger charge is -2.14. The van der Waals surface area contributed by atoms with Crippen LogP contribution in [0.2, 0.25) is 0 Å². The number of ether oxygens (including phenoxy) is 1. The highest BCUT2D eigenvalue weighted by molar-refractivity contribution is 5.99. The molecule has 0 unspecified atom stereocenters. The summed E-state index contributed by atoms with van der Waals surface area (Å²) >= 11 is 0. The van der Waals surface area contributed by atoms with Crippen LogP contribution in [0.15, 0.2) is 84.9 Å². The molecule has 5 aromatic rings. The van der Waals surface area contributed by atoms with Crippen molar-refractivity contribution in [2.24, 2.45) is 0 Å². The van der Waals surface area contributed by atoms with Crippen LogP contribution in [0.1, 0.15) is 0 Å². The molecule has 7 heteroatoms. The minimum atomic E-state index is 0.445. The summed E-state index contributed by atoms with van der Waals surface area (Å²) in [6.07, 6.45) is 0. The van der Waals surface area contributed by atoms with Crippen molar-refractivity contribution < 1.29 is 4.74 Å². The maximum Gasteiger partial charge on any atom is 0.209 e. The quantitative estimate of drug-likeness (QED) is 0.444. The molecule has 0 saturated carbocycles. The highest BCUT2D eigenvalue weighted by Crippen LogP contribution is 2.46. The summed E-state index contributed by atoms with van der Waals surface area (Å²) < 4.78 is 7.36. The van der Waals surface area contributed by atoms with Gasteiger partial charge < -0.3 is 10.5 Å². The Hall–Kier alpha value is -4.39. The predicted molar refractivity (Wildman–Crippen MR) is 121 cm³/mol. The van der Waals surface area contributed by atoms with E-state index < -0.39 is 0 Å². The van der Waals surface area contributed by atoms with Crippen molar-refractivity contribution in [3.63, 3.8) is 0 Å². The van der Waals surface area contributed by atoms with Crippen LogP contribution in [-0.2, 0) is 0 Å². The number of aromatic amines is 1. The molecule has 0 atom stereocenters. The van der Waals surface area contributed by atoms with Crippen molar-refractivity contribution >= 4 is 5.82 Å². The van der Waals surface area contributed by atoms with Crippen LogP contribution >= 0.6 is 0 Å². The molecule has 3 N–H and O–H groups in total. The Morgan fingerprint density at radius 3 is 2.03 bits per heavy atom. The molecule has 7 nitrogen and oxygen atoms in total. The van der Waals surface area contributed by atoms with Gasteiger partial charge >= 0.3 is 0 Å². The Bertz CT molecular complexity index is 1290. The van der Waals surface area contributed by atoms with Crippen LogP contribution in [0.5, 0.6) is 5.75 Å². The molecule has 0 fully saturated rings. The third-order valence-corrected chi connectivity index (χ3v) is 5.22. The zero-order chi connectivity index (χ0) is 21.2. The molecule has 0 spiro atoms. The smallest absolute Gasteiger partial charge is 0.209 e. The third kappa shape index (κ3) is 3.22. The van der Waals surface area contributed by atoms with Gasteiger partial charge in [0.1, 0.15) is 11.6 Å². The van der Waals surface area contributed by atoms with Gasteiger partial charge in [-0.1, -0.05) is 60.7 Å². The van der Waals surface area contributed by atoms with Gasteiger partial charge in [0.15, 0.2) is 0 Å². The van der Waals surface area contributed by atoms with Gasteiger partial charge in [0, 0.05) is 11.3 Å². The number of hydrogen-bond donors (Lipinski definition) is 2. The largest absolute Gasteiger partial charge is 0.497 e. The zero-order valence-electron chi connectivity index (χ0n) is 16.9. The monoisotopic (exact) mass is 408 g/mol. The van der Waals surface area contributed by atoms with E-state index in [2.05, 4.69) is 44.9 Å². The van der Waals surface area contributed by atoms with E-state index in [9.17, 15) is 0 Å². The van der Waals surface area contributed by atoms with Gasteiger partial charge in [-0.3, -0.25) is 4.57 Å². The Morgan fingerprint density at radius 2 is 1.45 bits per heavy atom. The van der Waals surface area contributed by atoms with E-state index in [1.54, 1.807) is 7.11 Å². The second kappa shape index (κ2) is 7.79. The molecular weight excluding hydrogens is 388 g/mol. The SMILES string of the molecule is COc1ccc(-n2c(N)c(-c3nn[nH]n3)c(-c3ccccc3)c2-c2ccccc2)cc1. The number of nitrogens with two attached hydrogens (primary N) is 1. The molecule has 0 bridgehead atoms. The lowest BCUT2D eigenvalue weighted by atomic mass is 9.97. The fraction of sp³-hybridized carbons (Fsp3) is 0.0417. The van der Waals surface area contributed by atoms with Gasteiger partial charge in [-0.05, 0) is 40.6 Å². The third-order valence-electron chi connectivity index (χ3n) is 5.22. The molecule has 3 aromatic carbocycles. The van der Waals surface area contributed by atoms with Crippen LogP contribution in [0.25, 0.3) is 39.5 Å². The van der Waals surface area contributed by atoms with Crippen molar-refractivity contribution in [2.45, 2.75) is 0 Å². The lowest BCUT2D eigenvalue weighted by molar-refractivity contribution is 0.415. The van der Waals surface area contributed by atoms with Gasteiger partial charge in [-0.15, -0.1) is 10.2 Å². The second-order valence-corrected chi connectivity index (χ2v) is 6.98. The number of benzene rings is 3. The highest BCUT2D eigenvalue weighted by atomic mass is 16.5. The van der Waals surface area contributed by atoms with Gasteiger partial charge in [0.2, 0.25) is 5.82 Å². The van der Waals surface area contributed by atoms with Gasteiger partial charge in [0.05, 0.1) is 18.4 Å². The maximum atomic E-state index is 6.78. The van der Waals surface area contributed by atoms with Crippen LogP contribution < -0.4 is 10.5 Å². The lowest BCUT2D eigenvalue weighted by Crippen LogP contribution is -2.03. The number of tetrazole rings is 1. The van der Waals surface area contributed by atoms with E-state index in [1.165, 1.54) is 0 Å². The first-order valence-electron chi connectivity index (χ1n) is 9.81. The summed E-state index contributed by atoms with van der Waals surface area (Å²) in [5, 5.41) is 14.8. The molecule has 5 rings (SSSR count). The number of methoxy groups -OCH3 is 1. The van der Waals surface area contributed by atoms with Crippen molar-refractivity contribution in [1.82, 2.24) is 25.2 Å². The van der Waals surface area contributed by atoms with Gasteiger partial charge in [0.25, 0.3) is 0 Å². The summed E-state index contributed by atoms with van der Waals surface area (Å²) in [6.45, 7) is 0. The zero-order valence-corrected chi connectivity index (χ0v) is 16.9. The molecule has 152 valence electrons. The van der Waals surface area contributed by atoms with E-state index in [0.717, 1.165) is 39.4 Å². The van der Waals surface area contributed by atoms with Crippen molar-refractivity contribution in [1.29, 1.82) is 0 Å². The molecule has 0 aliphatic heterocycles. The van der Waals surface area contributed by atoms with Crippen LogP contribution in [0, 0.1) is 0 Å². The number of nitrogens with one attached hydrogen (secondary N) is 1. The summed E-state index contributed by atoms with van der Waals surface area (Å²) in [7, 11) is 1.65. The number of hydrogen-bond acceptors (Lipinski definition) is 5. The maximum absolute atomic E-state index is 6.78. The first kappa shape index (κ1) is 18.6. The molecule has 0 saturated heterocycles. The average molecular weight is 408 g/mol. The predicted octanol–water partition coefficient (Wildman–Crippen LogP) is 4.58. The number of nitrogens with zero attached hydrogens (tertiary/aromatic N) is 4. The van der Waals surface area contributed by atoms with Gasteiger partial charge in [-0.25, -0.2) is 0 Å². The molecular formula is C24H20N6O.